The van der Waals surface area contributed by atoms with Crippen LogP contribution in [-0.2, 0) is 0 Å². The summed E-state index contributed by atoms with van der Waals surface area (Å²) in [6, 6.07) is 8.23. The molecule has 1 nitrogen and oxygen atoms in total. The van der Waals surface area contributed by atoms with Gasteiger partial charge in [-0.3, -0.25) is 4.98 Å². The van der Waals surface area contributed by atoms with E-state index in [2.05, 4.69) is 43.0 Å². The van der Waals surface area contributed by atoms with E-state index in [1.165, 1.54) is 16.7 Å². The van der Waals surface area contributed by atoms with E-state index >= 15 is 0 Å². The lowest BCUT2D eigenvalue weighted by atomic mass is 9.96. The molecule has 1 aromatic carbocycles. The summed E-state index contributed by atoms with van der Waals surface area (Å²) in [6.45, 7) is 4.16. The van der Waals surface area contributed by atoms with Crippen molar-refractivity contribution in [1.82, 2.24) is 4.98 Å². The van der Waals surface area contributed by atoms with Crippen molar-refractivity contribution < 1.29 is 0 Å². The van der Waals surface area contributed by atoms with Crippen molar-refractivity contribution in [2.24, 2.45) is 0 Å². The SMILES string of the molecule is C#Cc1ccncc1-c1cc(C)ccc1C. The highest BCUT2D eigenvalue weighted by atomic mass is 14.6. The number of nitrogens with zero attached hydrogens (tertiary/aromatic N) is 1. The minimum Gasteiger partial charge on any atom is -0.264 e. The van der Waals surface area contributed by atoms with Gasteiger partial charge in [0, 0.05) is 23.5 Å². The number of pyridine rings is 1. The Balaban J connectivity index is 2.68. The Hall–Kier alpha value is -2.07. The molecule has 0 bridgehead atoms. The van der Waals surface area contributed by atoms with Crippen LogP contribution < -0.4 is 0 Å². The molecule has 0 fully saturated rings. The highest BCUT2D eigenvalue weighted by molar-refractivity contribution is 5.73. The largest absolute Gasteiger partial charge is 0.264 e. The number of hydrogen-bond acceptors (Lipinski definition) is 1. The standard InChI is InChI=1S/C15H13N/c1-4-13-7-8-16-10-15(13)14-9-11(2)5-6-12(14)3/h1,5-10H,2-3H3. The molecular formula is C15H13N. The Morgan fingerprint density at radius 3 is 2.69 bits per heavy atom. The van der Waals surface area contributed by atoms with Crippen molar-refractivity contribution >= 4 is 0 Å². The quantitative estimate of drug-likeness (QED) is 0.653. The zero-order valence-corrected chi connectivity index (χ0v) is 9.49. The molecule has 0 aliphatic heterocycles. The third kappa shape index (κ3) is 1.83. The van der Waals surface area contributed by atoms with Gasteiger partial charge in [0.1, 0.15) is 0 Å². The normalized spacial score (nSPS) is 9.81. The van der Waals surface area contributed by atoms with Gasteiger partial charge in [-0.25, -0.2) is 0 Å². The molecule has 1 heterocycles. The summed E-state index contributed by atoms with van der Waals surface area (Å²) >= 11 is 0. The van der Waals surface area contributed by atoms with Crippen LogP contribution in [0.3, 0.4) is 0 Å². The first-order chi connectivity index (χ1) is 7.72. The third-order valence-electron chi connectivity index (χ3n) is 2.66. The molecule has 0 saturated heterocycles. The van der Waals surface area contributed by atoms with Gasteiger partial charge in [0.2, 0.25) is 0 Å². The summed E-state index contributed by atoms with van der Waals surface area (Å²) in [5.74, 6) is 2.70. The molecule has 0 amide bonds. The van der Waals surface area contributed by atoms with Crippen LogP contribution in [0.2, 0.25) is 0 Å². The van der Waals surface area contributed by atoms with E-state index in [9.17, 15) is 0 Å². The number of aryl methyl sites for hydroxylation is 2. The highest BCUT2D eigenvalue weighted by Crippen LogP contribution is 2.26. The van der Waals surface area contributed by atoms with Crippen LogP contribution >= 0.6 is 0 Å². The number of terminal acetylenes is 1. The molecule has 0 saturated carbocycles. The van der Waals surface area contributed by atoms with Gasteiger partial charge in [-0.2, -0.15) is 0 Å². The first kappa shape index (κ1) is 10.4. The second-order valence-electron chi connectivity index (χ2n) is 3.88. The van der Waals surface area contributed by atoms with Crippen molar-refractivity contribution in [2.75, 3.05) is 0 Å². The number of hydrogen-bond donors (Lipinski definition) is 0. The van der Waals surface area contributed by atoms with Gasteiger partial charge < -0.3 is 0 Å². The second kappa shape index (κ2) is 4.20. The van der Waals surface area contributed by atoms with Gasteiger partial charge in [-0.1, -0.05) is 29.7 Å². The van der Waals surface area contributed by atoms with Crippen molar-refractivity contribution in [1.29, 1.82) is 0 Å². The van der Waals surface area contributed by atoms with E-state index in [1.807, 2.05) is 12.3 Å². The maximum absolute atomic E-state index is 5.50. The van der Waals surface area contributed by atoms with Gasteiger partial charge in [0.15, 0.2) is 0 Å². The summed E-state index contributed by atoms with van der Waals surface area (Å²) in [7, 11) is 0. The van der Waals surface area contributed by atoms with Crippen molar-refractivity contribution in [2.45, 2.75) is 13.8 Å². The summed E-state index contributed by atoms with van der Waals surface area (Å²) in [5, 5.41) is 0. The van der Waals surface area contributed by atoms with E-state index in [1.54, 1.807) is 6.20 Å². The Labute approximate surface area is 96.2 Å². The predicted molar refractivity (Wildman–Crippen MR) is 67.1 cm³/mol. The number of aromatic nitrogens is 1. The molecule has 0 aliphatic rings. The Kier molecular flexibility index (Phi) is 2.74. The van der Waals surface area contributed by atoms with Crippen LogP contribution in [0.15, 0.2) is 36.7 Å². The first-order valence-electron chi connectivity index (χ1n) is 5.20. The minimum atomic E-state index is 0.892. The van der Waals surface area contributed by atoms with Crippen LogP contribution in [0.4, 0.5) is 0 Å². The number of benzene rings is 1. The lowest BCUT2D eigenvalue weighted by molar-refractivity contribution is 1.30. The maximum atomic E-state index is 5.50. The van der Waals surface area contributed by atoms with E-state index in [-0.39, 0.29) is 0 Å². The second-order valence-corrected chi connectivity index (χ2v) is 3.88. The molecule has 78 valence electrons. The van der Waals surface area contributed by atoms with Crippen molar-refractivity contribution in [3.63, 3.8) is 0 Å². The van der Waals surface area contributed by atoms with E-state index in [4.69, 9.17) is 6.42 Å². The van der Waals surface area contributed by atoms with Crippen molar-refractivity contribution in [3.8, 4) is 23.5 Å². The van der Waals surface area contributed by atoms with Crippen LogP contribution in [0.1, 0.15) is 16.7 Å². The lowest BCUT2D eigenvalue weighted by Gasteiger charge is -2.08. The molecular weight excluding hydrogens is 194 g/mol. The van der Waals surface area contributed by atoms with E-state index < -0.39 is 0 Å². The predicted octanol–water partition coefficient (Wildman–Crippen LogP) is 3.35. The molecule has 0 N–H and O–H groups in total. The zero-order valence-electron chi connectivity index (χ0n) is 9.49. The first-order valence-corrected chi connectivity index (χ1v) is 5.20. The lowest BCUT2D eigenvalue weighted by Crippen LogP contribution is -1.89. The van der Waals surface area contributed by atoms with Crippen LogP contribution in [0.5, 0.6) is 0 Å². The molecule has 0 radical (unpaired) electrons. The van der Waals surface area contributed by atoms with E-state index in [0.29, 0.717) is 0 Å². The molecule has 0 aliphatic carbocycles. The van der Waals surface area contributed by atoms with Gasteiger partial charge in [-0.15, -0.1) is 6.42 Å². The molecule has 2 rings (SSSR count). The molecule has 16 heavy (non-hydrogen) atoms. The molecule has 0 unspecified atom stereocenters. The average molecular weight is 207 g/mol. The van der Waals surface area contributed by atoms with Gasteiger partial charge in [-0.05, 0) is 31.0 Å². The molecule has 1 heteroatoms. The fourth-order valence-corrected chi connectivity index (χ4v) is 1.76. The third-order valence-corrected chi connectivity index (χ3v) is 2.66. The zero-order chi connectivity index (χ0) is 11.5. The summed E-state index contributed by atoms with van der Waals surface area (Å²) < 4.78 is 0. The van der Waals surface area contributed by atoms with Gasteiger partial charge in [0.25, 0.3) is 0 Å². The van der Waals surface area contributed by atoms with Crippen LogP contribution in [0.25, 0.3) is 11.1 Å². The highest BCUT2D eigenvalue weighted by Gasteiger charge is 2.06. The fraction of sp³-hybridized carbons (Fsp3) is 0.133. The molecule has 0 atom stereocenters. The Bertz CT molecular complexity index is 562. The monoisotopic (exact) mass is 207 g/mol. The summed E-state index contributed by atoms with van der Waals surface area (Å²) in [5.41, 5.74) is 5.54. The average Bonchev–Trinajstić information content (AvgIpc) is 2.32. The van der Waals surface area contributed by atoms with Crippen molar-refractivity contribution in [3.05, 3.63) is 53.3 Å². The Morgan fingerprint density at radius 1 is 1.12 bits per heavy atom. The van der Waals surface area contributed by atoms with Crippen LogP contribution in [-0.4, -0.2) is 4.98 Å². The molecule has 1 aromatic heterocycles. The van der Waals surface area contributed by atoms with Gasteiger partial charge >= 0.3 is 0 Å². The summed E-state index contributed by atoms with van der Waals surface area (Å²) in [4.78, 5) is 4.14. The smallest absolute Gasteiger partial charge is 0.0359 e. The van der Waals surface area contributed by atoms with E-state index in [0.717, 1.165) is 11.1 Å². The minimum absolute atomic E-state index is 0.892. The Morgan fingerprint density at radius 2 is 1.94 bits per heavy atom. The molecule has 2 aromatic rings. The maximum Gasteiger partial charge on any atom is 0.0359 e. The topological polar surface area (TPSA) is 12.9 Å². The molecule has 0 spiro atoms. The van der Waals surface area contributed by atoms with Gasteiger partial charge in [0.05, 0.1) is 0 Å². The summed E-state index contributed by atoms with van der Waals surface area (Å²) in [6.07, 6.45) is 9.05. The fourth-order valence-electron chi connectivity index (χ4n) is 1.76. The number of rotatable bonds is 1. The van der Waals surface area contributed by atoms with Crippen LogP contribution in [0, 0.1) is 26.2 Å².